The highest BCUT2D eigenvalue weighted by Crippen LogP contribution is 2.13. The highest BCUT2D eigenvalue weighted by atomic mass is 31.1. The summed E-state index contributed by atoms with van der Waals surface area (Å²) in [4.78, 5) is 11.2. The summed E-state index contributed by atoms with van der Waals surface area (Å²) in [6.07, 6.45) is 0. The van der Waals surface area contributed by atoms with E-state index in [-0.39, 0.29) is 20.0 Å². The average Bonchev–Trinajstić information content (AvgIpc) is 1.99. The van der Waals surface area contributed by atoms with Crippen LogP contribution in [0.15, 0.2) is 0 Å². The number of nitrogens with one attached hydrogen (secondary N) is 1. The van der Waals surface area contributed by atoms with Crippen LogP contribution in [0.4, 0.5) is 0 Å². The zero-order valence-electron chi connectivity index (χ0n) is 8.46. The van der Waals surface area contributed by atoms with Crippen LogP contribution in [0.5, 0.6) is 0 Å². The maximum atomic E-state index is 11.2. The third kappa shape index (κ3) is 6.67. The van der Waals surface area contributed by atoms with Crippen molar-refractivity contribution in [2.45, 2.75) is 33.7 Å². The van der Waals surface area contributed by atoms with Crippen molar-refractivity contribution < 1.29 is 14.1 Å². The Morgan fingerprint density at radius 2 is 2.08 bits per heavy atom. The molecule has 0 fully saturated rings. The smallest absolute Gasteiger partial charge is 0.323 e. The number of hydrogen-bond donors (Lipinski definition) is 1. The minimum absolute atomic E-state index is 0.0371. The van der Waals surface area contributed by atoms with Gasteiger partial charge in [0, 0.05) is 0 Å². The molecule has 0 aliphatic rings. The predicted octanol–water partition coefficient (Wildman–Crippen LogP) is 1.76. The third-order valence-corrected chi connectivity index (χ3v) is 1.74. The lowest BCUT2D eigenvalue weighted by molar-refractivity contribution is -0.147. The summed E-state index contributed by atoms with van der Waals surface area (Å²) in [5.41, 5.74) is -0.0371. The molecule has 76 valence electrons. The Morgan fingerprint density at radius 1 is 1.54 bits per heavy atom. The molecule has 0 aliphatic carbocycles. The van der Waals surface area contributed by atoms with E-state index in [4.69, 9.17) is 4.74 Å². The highest BCUT2D eigenvalue weighted by molar-refractivity contribution is 7.21. The molecular weight excluding hydrogens is 189 g/mol. The molecule has 0 aromatic heterocycles. The summed E-state index contributed by atoms with van der Waals surface area (Å²) >= 11 is 0. The first-order valence-corrected chi connectivity index (χ1v) is 4.92. The molecule has 0 aromatic rings. The van der Waals surface area contributed by atoms with Gasteiger partial charge in [0.15, 0.2) is 0 Å². The van der Waals surface area contributed by atoms with Gasteiger partial charge in [-0.15, -0.1) is 0 Å². The molecule has 0 spiro atoms. The fourth-order valence-electron chi connectivity index (χ4n) is 0.544. The van der Waals surface area contributed by atoms with Gasteiger partial charge in [-0.2, -0.15) is 0 Å². The van der Waals surface area contributed by atoms with Crippen LogP contribution >= 0.6 is 8.61 Å². The second-order valence-corrected chi connectivity index (χ2v) is 4.55. The van der Waals surface area contributed by atoms with E-state index in [0.717, 1.165) is 0 Å². The molecule has 0 saturated heterocycles. The van der Waals surface area contributed by atoms with E-state index in [2.05, 4.69) is 5.09 Å². The number of carbonyl (C=O) groups excluding carboxylic acids is 1. The molecule has 1 N–H and O–H groups in total. The molecule has 0 unspecified atom stereocenters. The number of ether oxygens (including phenoxy) is 1. The second-order valence-electron chi connectivity index (χ2n) is 4.11. The van der Waals surface area contributed by atoms with Gasteiger partial charge in [0.05, 0.1) is 6.61 Å². The Kier molecular flexibility index (Phi) is 5.11. The van der Waals surface area contributed by atoms with Crippen molar-refractivity contribution in [2.24, 2.45) is 5.41 Å². The van der Waals surface area contributed by atoms with Gasteiger partial charge in [0.1, 0.15) is 6.04 Å². The number of esters is 1. The zero-order chi connectivity index (χ0) is 10.5. The monoisotopic (exact) mass is 205 g/mol. The SMILES string of the molecule is C[C@H](NP=O)C(=O)OCC(C)(C)C. The Morgan fingerprint density at radius 3 is 2.46 bits per heavy atom. The van der Waals surface area contributed by atoms with Crippen molar-refractivity contribution in [3.63, 3.8) is 0 Å². The van der Waals surface area contributed by atoms with Gasteiger partial charge in [0.25, 0.3) is 0 Å². The van der Waals surface area contributed by atoms with Crippen molar-refractivity contribution in [3.8, 4) is 0 Å². The van der Waals surface area contributed by atoms with Crippen LogP contribution < -0.4 is 5.09 Å². The topological polar surface area (TPSA) is 55.4 Å². The lowest BCUT2D eigenvalue weighted by Gasteiger charge is -2.19. The van der Waals surface area contributed by atoms with Crippen LogP contribution in [0.2, 0.25) is 0 Å². The third-order valence-electron chi connectivity index (χ3n) is 1.25. The largest absolute Gasteiger partial charge is 0.464 e. The van der Waals surface area contributed by atoms with E-state index in [1.54, 1.807) is 6.92 Å². The van der Waals surface area contributed by atoms with Crippen molar-refractivity contribution >= 4 is 14.6 Å². The summed E-state index contributed by atoms with van der Waals surface area (Å²) in [5, 5.41) is 2.42. The van der Waals surface area contributed by atoms with Crippen LogP contribution in [-0.2, 0) is 14.1 Å². The fraction of sp³-hybridized carbons (Fsp3) is 0.875. The fourth-order valence-corrected chi connectivity index (χ4v) is 0.808. The van der Waals surface area contributed by atoms with Crippen LogP contribution in [0.3, 0.4) is 0 Å². The van der Waals surface area contributed by atoms with Gasteiger partial charge in [-0.1, -0.05) is 20.8 Å². The van der Waals surface area contributed by atoms with Crippen LogP contribution in [0.1, 0.15) is 27.7 Å². The predicted molar refractivity (Wildman–Crippen MR) is 50.6 cm³/mol. The van der Waals surface area contributed by atoms with E-state index in [0.29, 0.717) is 6.61 Å². The van der Waals surface area contributed by atoms with Gasteiger partial charge < -0.3 is 4.74 Å². The molecule has 0 saturated carbocycles. The molecule has 0 aromatic carbocycles. The maximum absolute atomic E-state index is 11.2. The quantitative estimate of drug-likeness (QED) is 0.561. The Balaban J connectivity index is 3.81. The van der Waals surface area contributed by atoms with Gasteiger partial charge in [-0.3, -0.25) is 9.36 Å². The first-order valence-electron chi connectivity index (χ1n) is 4.11. The summed E-state index contributed by atoms with van der Waals surface area (Å²) in [5.74, 6) is -0.377. The van der Waals surface area contributed by atoms with Crippen molar-refractivity contribution in [1.29, 1.82) is 0 Å². The number of carbonyl (C=O) groups is 1. The van der Waals surface area contributed by atoms with Crippen LogP contribution in [0, 0.1) is 5.41 Å². The first kappa shape index (κ1) is 12.5. The molecule has 13 heavy (non-hydrogen) atoms. The number of hydrogen-bond acceptors (Lipinski definition) is 3. The maximum Gasteiger partial charge on any atom is 0.323 e. The van der Waals surface area contributed by atoms with E-state index in [1.165, 1.54) is 0 Å². The molecule has 0 radical (unpaired) electrons. The van der Waals surface area contributed by atoms with Crippen molar-refractivity contribution in [3.05, 3.63) is 0 Å². The van der Waals surface area contributed by atoms with E-state index in [1.807, 2.05) is 20.8 Å². The van der Waals surface area contributed by atoms with Gasteiger partial charge in [-0.05, 0) is 12.3 Å². The molecular formula is C8H16NO3P. The van der Waals surface area contributed by atoms with E-state index in [9.17, 15) is 9.36 Å². The molecule has 0 amide bonds. The Labute approximate surface area is 80.3 Å². The van der Waals surface area contributed by atoms with Gasteiger partial charge in [-0.25, -0.2) is 5.09 Å². The summed E-state index contributed by atoms with van der Waals surface area (Å²) in [6.45, 7) is 7.90. The lowest BCUT2D eigenvalue weighted by atomic mass is 9.99. The summed E-state index contributed by atoms with van der Waals surface area (Å²) < 4.78 is 15.1. The molecule has 0 aliphatic heterocycles. The van der Waals surface area contributed by atoms with Gasteiger partial charge in [0.2, 0.25) is 8.61 Å². The van der Waals surface area contributed by atoms with E-state index < -0.39 is 6.04 Å². The molecule has 0 bridgehead atoms. The Bertz CT molecular complexity index is 188. The van der Waals surface area contributed by atoms with Crippen LogP contribution in [-0.4, -0.2) is 18.6 Å². The normalized spacial score (nSPS) is 14.2. The minimum Gasteiger partial charge on any atom is -0.464 e. The zero-order valence-corrected chi connectivity index (χ0v) is 9.35. The number of rotatable bonds is 4. The second kappa shape index (κ2) is 5.30. The van der Waals surface area contributed by atoms with E-state index >= 15 is 0 Å². The van der Waals surface area contributed by atoms with Crippen LogP contribution in [0.25, 0.3) is 0 Å². The average molecular weight is 205 g/mol. The van der Waals surface area contributed by atoms with Crippen molar-refractivity contribution in [1.82, 2.24) is 5.09 Å². The minimum atomic E-state index is -0.526. The van der Waals surface area contributed by atoms with Crippen molar-refractivity contribution in [2.75, 3.05) is 6.61 Å². The lowest BCUT2D eigenvalue weighted by Crippen LogP contribution is -2.31. The standard InChI is InChI=1S/C8H16NO3P/c1-6(9-13-11)7(10)12-5-8(2,3)4/h6H,5H2,1-4H3,(H,9,11)/t6-/m0/s1. The molecule has 0 rings (SSSR count). The highest BCUT2D eigenvalue weighted by Gasteiger charge is 2.17. The Hall–Kier alpha value is -0.470. The first-order chi connectivity index (χ1) is 5.87. The summed E-state index contributed by atoms with van der Waals surface area (Å²) in [6, 6.07) is -0.526. The summed E-state index contributed by atoms with van der Waals surface area (Å²) in [7, 11) is -0.254. The molecule has 0 heterocycles. The molecule has 1 atom stereocenters. The molecule has 5 heteroatoms. The van der Waals surface area contributed by atoms with Gasteiger partial charge >= 0.3 is 5.97 Å². The molecule has 4 nitrogen and oxygen atoms in total.